The molecule has 2 fully saturated rings. The summed E-state index contributed by atoms with van der Waals surface area (Å²) in [5.41, 5.74) is 3.37. The number of piperidine rings is 1. The van der Waals surface area contributed by atoms with Gasteiger partial charge >= 0.3 is 5.97 Å². The van der Waals surface area contributed by atoms with Crippen molar-refractivity contribution in [3.05, 3.63) is 65.2 Å². The first-order valence-corrected chi connectivity index (χ1v) is 15.1. The van der Waals surface area contributed by atoms with E-state index in [1.807, 2.05) is 42.2 Å². The van der Waals surface area contributed by atoms with Crippen LogP contribution < -0.4 is 9.47 Å². The van der Waals surface area contributed by atoms with Crippen LogP contribution in [-0.2, 0) is 21.4 Å². The van der Waals surface area contributed by atoms with Crippen LogP contribution >= 0.6 is 0 Å². The Balaban J connectivity index is 1.45. The molecule has 2 bridgehead atoms. The molecule has 6 rings (SSSR count). The van der Waals surface area contributed by atoms with Crippen LogP contribution in [0.2, 0.25) is 0 Å². The molecule has 5 atom stereocenters. The number of nitrogens with zero attached hydrogens (tertiary/aromatic N) is 2. The Morgan fingerprint density at radius 1 is 1.31 bits per heavy atom. The average Bonchev–Trinajstić information content (AvgIpc) is 3.28. The third kappa shape index (κ3) is 4.57. The summed E-state index contributed by atoms with van der Waals surface area (Å²) in [6, 6.07) is 9.41. The van der Waals surface area contributed by atoms with E-state index >= 15 is 0 Å². The zero-order valence-electron chi connectivity index (χ0n) is 25.0. The van der Waals surface area contributed by atoms with Gasteiger partial charge in [0, 0.05) is 60.1 Å². The number of amides is 1. The summed E-state index contributed by atoms with van der Waals surface area (Å²) >= 11 is 0. The fourth-order valence-electron chi connectivity index (χ4n) is 8.28. The van der Waals surface area contributed by atoms with Crippen molar-refractivity contribution in [3.8, 4) is 29.1 Å². The van der Waals surface area contributed by atoms with E-state index in [1.165, 1.54) is 13.0 Å². The fraction of sp³-hybridized carbons (Fsp3) is 0.486. The van der Waals surface area contributed by atoms with E-state index in [2.05, 4.69) is 37.2 Å². The molecule has 1 N–H and O–H groups in total. The predicted octanol–water partition coefficient (Wildman–Crippen LogP) is 4.76. The van der Waals surface area contributed by atoms with Crippen molar-refractivity contribution in [2.75, 3.05) is 19.6 Å². The maximum atomic E-state index is 13.9. The standard InChI is InChI=1S/C35H40N2O5/c1-6-15-36-16-14-35-26-11-12-27(37(20-21(2)3)31(40)13-10-24-9-7-8-22(4)17-24)34(35)42-33-30(41-23(5)38)19-29(39)25(32(33)35)18-28(26)36/h6-9,17,19,21,26-28,34,39H,1,11-12,14-16,18,20H2,2-5H3/t26-,27-,28+,34-,35-/m0/s1. The van der Waals surface area contributed by atoms with Gasteiger partial charge in [-0.25, -0.2) is 0 Å². The summed E-state index contributed by atoms with van der Waals surface area (Å²) in [7, 11) is 0. The van der Waals surface area contributed by atoms with Gasteiger partial charge in [0.2, 0.25) is 0 Å². The van der Waals surface area contributed by atoms with Gasteiger partial charge < -0.3 is 19.5 Å². The molecule has 2 heterocycles. The summed E-state index contributed by atoms with van der Waals surface area (Å²) < 4.78 is 12.5. The van der Waals surface area contributed by atoms with Crippen molar-refractivity contribution in [3.63, 3.8) is 0 Å². The minimum atomic E-state index is -0.466. The number of hydrogen-bond acceptors (Lipinski definition) is 6. The Kier molecular flexibility index (Phi) is 7.31. The van der Waals surface area contributed by atoms with Gasteiger partial charge in [-0.3, -0.25) is 14.5 Å². The van der Waals surface area contributed by atoms with E-state index in [1.54, 1.807) is 0 Å². The van der Waals surface area contributed by atoms with Gasteiger partial charge in [0.05, 0.1) is 6.04 Å². The quantitative estimate of drug-likeness (QED) is 0.234. The van der Waals surface area contributed by atoms with Gasteiger partial charge in [-0.2, -0.15) is 0 Å². The van der Waals surface area contributed by atoms with Crippen molar-refractivity contribution >= 4 is 11.9 Å². The molecule has 1 saturated carbocycles. The first kappa shape index (κ1) is 28.4. The molecule has 1 spiro atoms. The number of ether oxygens (including phenoxy) is 2. The van der Waals surface area contributed by atoms with Crippen LogP contribution in [0.3, 0.4) is 0 Å². The minimum absolute atomic E-state index is 0.138. The van der Waals surface area contributed by atoms with Crippen LogP contribution in [0, 0.1) is 30.6 Å². The summed E-state index contributed by atoms with van der Waals surface area (Å²) in [6.07, 6.45) is 4.86. The van der Waals surface area contributed by atoms with Gasteiger partial charge in [0.15, 0.2) is 11.5 Å². The number of benzene rings is 2. The lowest BCUT2D eigenvalue weighted by Crippen LogP contribution is -2.69. The molecule has 0 radical (unpaired) electrons. The van der Waals surface area contributed by atoms with Gasteiger partial charge in [0.1, 0.15) is 11.9 Å². The first-order chi connectivity index (χ1) is 20.1. The van der Waals surface area contributed by atoms with Crippen LogP contribution in [0.25, 0.3) is 0 Å². The molecule has 0 aromatic heterocycles. The zero-order chi connectivity index (χ0) is 29.8. The highest BCUT2D eigenvalue weighted by Gasteiger charge is 2.67. The predicted molar refractivity (Wildman–Crippen MR) is 161 cm³/mol. The summed E-state index contributed by atoms with van der Waals surface area (Å²) in [5, 5.41) is 11.3. The third-order valence-corrected chi connectivity index (χ3v) is 9.66. The number of phenols is 1. The smallest absolute Gasteiger partial charge is 0.308 e. The second kappa shape index (κ2) is 10.8. The van der Waals surface area contributed by atoms with Crippen molar-refractivity contribution in [1.82, 2.24) is 9.80 Å². The zero-order valence-corrected chi connectivity index (χ0v) is 25.0. The normalized spacial score (nSPS) is 26.9. The molecule has 2 aliphatic carbocycles. The summed E-state index contributed by atoms with van der Waals surface area (Å²) in [4.78, 5) is 30.4. The van der Waals surface area contributed by atoms with Crippen molar-refractivity contribution in [2.24, 2.45) is 11.8 Å². The van der Waals surface area contributed by atoms with Crippen molar-refractivity contribution < 1.29 is 24.2 Å². The Labute approximate surface area is 248 Å². The van der Waals surface area contributed by atoms with Crippen LogP contribution in [-0.4, -0.2) is 64.6 Å². The number of likely N-dealkylation sites (tertiary alicyclic amines) is 1. The number of aryl methyl sites for hydroxylation is 1. The minimum Gasteiger partial charge on any atom is -0.508 e. The first-order valence-electron chi connectivity index (χ1n) is 15.1. The Hall–Kier alpha value is -3.76. The molecule has 7 nitrogen and oxygen atoms in total. The second-order valence-corrected chi connectivity index (χ2v) is 12.8. The van der Waals surface area contributed by atoms with E-state index in [9.17, 15) is 14.7 Å². The van der Waals surface area contributed by atoms with Gasteiger partial charge in [-0.1, -0.05) is 38.0 Å². The van der Waals surface area contributed by atoms with Gasteiger partial charge in [-0.05, 0) is 68.7 Å². The average molecular weight is 569 g/mol. The Bertz CT molecular complexity index is 1500. The molecule has 0 unspecified atom stereocenters. The lowest BCUT2D eigenvalue weighted by atomic mass is 9.50. The molecule has 2 aliphatic heterocycles. The molecule has 1 saturated heterocycles. The highest BCUT2D eigenvalue weighted by atomic mass is 16.6. The molecular formula is C35H40N2O5. The number of aromatic hydroxyl groups is 1. The molecule has 7 heteroatoms. The highest BCUT2D eigenvalue weighted by molar-refractivity contribution is 5.94. The highest BCUT2D eigenvalue weighted by Crippen LogP contribution is 2.65. The number of phenolic OH excluding ortho intramolecular Hbond substituents is 1. The van der Waals surface area contributed by atoms with E-state index in [4.69, 9.17) is 9.47 Å². The maximum Gasteiger partial charge on any atom is 0.308 e. The van der Waals surface area contributed by atoms with E-state index < -0.39 is 11.4 Å². The van der Waals surface area contributed by atoms with E-state index in [-0.39, 0.29) is 47.4 Å². The van der Waals surface area contributed by atoms with Crippen LogP contribution in [0.15, 0.2) is 43.0 Å². The molecule has 2 aromatic rings. The second-order valence-electron chi connectivity index (χ2n) is 12.8. The van der Waals surface area contributed by atoms with Crippen LogP contribution in [0.4, 0.5) is 0 Å². The number of esters is 1. The molecular weight excluding hydrogens is 528 g/mol. The van der Waals surface area contributed by atoms with E-state index in [0.717, 1.165) is 54.6 Å². The molecule has 42 heavy (non-hydrogen) atoms. The largest absolute Gasteiger partial charge is 0.508 e. The lowest BCUT2D eigenvalue weighted by molar-refractivity contribution is -0.137. The fourth-order valence-corrected chi connectivity index (χ4v) is 8.28. The maximum absolute atomic E-state index is 13.9. The summed E-state index contributed by atoms with van der Waals surface area (Å²) in [6.45, 7) is 13.8. The Morgan fingerprint density at radius 3 is 2.83 bits per heavy atom. The summed E-state index contributed by atoms with van der Waals surface area (Å²) in [5.74, 6) is 6.83. The SMILES string of the molecule is C=CCN1CC[C@]23c4c5c(O)cc(OC(C)=O)c4O[C@H]2[C@@H](N(CC(C)C)C(=O)C#Cc2cccc(C)c2)CC[C@H]3[C@H]1C5. The van der Waals surface area contributed by atoms with Crippen LogP contribution in [0.1, 0.15) is 62.3 Å². The number of rotatable bonds is 6. The number of carbonyl (C=O) groups excluding carboxylic acids is 2. The molecule has 1 amide bonds. The molecule has 4 aliphatic rings. The van der Waals surface area contributed by atoms with Crippen molar-refractivity contribution in [1.29, 1.82) is 0 Å². The lowest BCUT2D eigenvalue weighted by Gasteiger charge is -2.60. The number of hydrogen-bond donors (Lipinski definition) is 1. The number of carbonyl (C=O) groups is 2. The monoisotopic (exact) mass is 568 g/mol. The third-order valence-electron chi connectivity index (χ3n) is 9.66. The topological polar surface area (TPSA) is 79.3 Å². The molecule has 2 aromatic carbocycles. The Morgan fingerprint density at radius 2 is 2.12 bits per heavy atom. The van der Waals surface area contributed by atoms with Gasteiger partial charge in [0.25, 0.3) is 5.91 Å². The van der Waals surface area contributed by atoms with Crippen LogP contribution in [0.5, 0.6) is 17.2 Å². The van der Waals surface area contributed by atoms with Crippen molar-refractivity contribution in [2.45, 2.75) is 77.0 Å². The van der Waals surface area contributed by atoms with E-state index in [0.29, 0.717) is 18.7 Å². The van der Waals surface area contributed by atoms with Gasteiger partial charge in [-0.15, -0.1) is 6.58 Å². The molecule has 220 valence electrons.